The molecule has 6 heteroatoms. The average molecular weight is 536 g/mol. The van der Waals surface area contributed by atoms with Crippen molar-refractivity contribution in [1.82, 2.24) is 5.32 Å². The first-order chi connectivity index (χ1) is 17.4. The highest BCUT2D eigenvalue weighted by Gasteiger charge is 2.18. The second-order valence-electron chi connectivity index (χ2n) is 10.6. The fourth-order valence-electron chi connectivity index (χ4n) is 4.42. The van der Waals surface area contributed by atoms with Gasteiger partial charge in [-0.15, -0.1) is 0 Å². The second-order valence-corrected chi connectivity index (χ2v) is 11.9. The fourth-order valence-corrected chi connectivity index (χ4v) is 4.82. The molecule has 0 aromatic carbocycles. The highest BCUT2D eigenvalue weighted by atomic mass is 31.2. The summed E-state index contributed by atoms with van der Waals surface area (Å²) in [4.78, 5) is 17.5. The molecule has 0 aromatic rings. The number of rotatable bonds is 27. The lowest BCUT2D eigenvalue weighted by Crippen LogP contribution is -2.16. The van der Waals surface area contributed by atoms with Gasteiger partial charge in [0.05, 0.1) is 6.61 Å². The summed E-state index contributed by atoms with van der Waals surface area (Å²) in [5, 5.41) is 3.57. The van der Waals surface area contributed by atoms with Gasteiger partial charge in [-0.1, -0.05) is 143 Å². The second kappa shape index (κ2) is 31.3. The third-order valence-corrected chi connectivity index (χ3v) is 7.31. The maximum absolute atomic E-state index is 10.8. The van der Waals surface area contributed by atoms with Gasteiger partial charge < -0.3 is 15.1 Å². The molecule has 0 heterocycles. The van der Waals surface area contributed by atoms with Crippen LogP contribution in [0, 0.1) is 5.92 Å². The van der Waals surface area contributed by atoms with E-state index in [1.54, 1.807) is 0 Å². The van der Waals surface area contributed by atoms with Crippen LogP contribution in [0.25, 0.3) is 0 Å². The van der Waals surface area contributed by atoms with Crippen LogP contribution in [0.15, 0.2) is 0 Å². The Balaban J connectivity index is 0. The maximum Gasteiger partial charge on any atom is 0.469 e. The lowest BCUT2D eigenvalue weighted by Gasteiger charge is -2.17. The van der Waals surface area contributed by atoms with Crippen LogP contribution in [0.2, 0.25) is 0 Å². The molecule has 0 saturated heterocycles. The molecule has 3 N–H and O–H groups in total. The molecule has 0 aliphatic carbocycles. The van der Waals surface area contributed by atoms with Crippen LogP contribution in [-0.2, 0) is 9.09 Å². The standard InChI is InChI=1S/C16H35N.C14H31O4P/c1-3-5-7-9-11-13-15-17-16-14-12-10-8-6-4-2;1-3-5-7-9-11-14(12-10-8-6-4-2)13-18-19(15,16)17/h17H,3-16H2,1-2H3;14H,3-13H2,1-2H3,(H2,15,16,17). The van der Waals surface area contributed by atoms with Crippen molar-refractivity contribution in [3.8, 4) is 0 Å². The molecule has 220 valence electrons. The maximum atomic E-state index is 10.8. The number of nitrogens with one attached hydrogen (secondary N) is 1. The summed E-state index contributed by atoms with van der Waals surface area (Å²) >= 11 is 0. The minimum Gasteiger partial charge on any atom is -0.317 e. The Morgan fingerprint density at radius 3 is 1.25 bits per heavy atom. The van der Waals surface area contributed by atoms with Crippen molar-refractivity contribution in [1.29, 1.82) is 0 Å². The van der Waals surface area contributed by atoms with Gasteiger partial charge in [0.2, 0.25) is 0 Å². The Hall–Kier alpha value is 0.0700. The Morgan fingerprint density at radius 1 is 0.556 bits per heavy atom. The number of hydrogen-bond acceptors (Lipinski definition) is 3. The van der Waals surface area contributed by atoms with Crippen molar-refractivity contribution in [3.05, 3.63) is 0 Å². The molecule has 0 aliphatic rings. The van der Waals surface area contributed by atoms with Gasteiger partial charge in [0.25, 0.3) is 0 Å². The summed E-state index contributed by atoms with van der Waals surface area (Å²) in [6.07, 6.45) is 28.5. The lowest BCUT2D eigenvalue weighted by atomic mass is 9.95. The third kappa shape index (κ3) is 36.2. The Labute approximate surface area is 226 Å². The SMILES string of the molecule is CCCCCCC(CCCCCC)COP(=O)(O)O.CCCCCCCCNCCCCCCCC. The Morgan fingerprint density at radius 2 is 0.889 bits per heavy atom. The molecule has 0 amide bonds. The highest BCUT2D eigenvalue weighted by Crippen LogP contribution is 2.37. The zero-order valence-corrected chi connectivity index (χ0v) is 25.8. The number of phosphoric ester groups is 1. The molecule has 0 saturated carbocycles. The van der Waals surface area contributed by atoms with E-state index in [0.717, 1.165) is 25.7 Å². The van der Waals surface area contributed by atoms with Gasteiger partial charge in [-0.2, -0.15) is 0 Å². The molecule has 0 fully saturated rings. The molecule has 0 radical (unpaired) electrons. The predicted molar refractivity (Wildman–Crippen MR) is 159 cm³/mol. The summed E-state index contributed by atoms with van der Waals surface area (Å²) in [6.45, 7) is 11.6. The monoisotopic (exact) mass is 535 g/mol. The van der Waals surface area contributed by atoms with Crippen LogP contribution in [0.1, 0.15) is 169 Å². The van der Waals surface area contributed by atoms with Gasteiger partial charge in [-0.3, -0.25) is 4.52 Å². The van der Waals surface area contributed by atoms with E-state index in [9.17, 15) is 4.57 Å². The first-order valence-electron chi connectivity index (χ1n) is 15.8. The van der Waals surface area contributed by atoms with Crippen LogP contribution in [0.3, 0.4) is 0 Å². The van der Waals surface area contributed by atoms with Gasteiger partial charge in [-0.25, -0.2) is 4.57 Å². The Kier molecular flexibility index (Phi) is 33.2. The van der Waals surface area contributed by atoms with Gasteiger partial charge in [0, 0.05) is 0 Å². The highest BCUT2D eigenvalue weighted by molar-refractivity contribution is 7.46. The summed E-state index contributed by atoms with van der Waals surface area (Å²) in [5.41, 5.74) is 0. The summed E-state index contributed by atoms with van der Waals surface area (Å²) in [6, 6.07) is 0. The molecule has 5 nitrogen and oxygen atoms in total. The zero-order chi connectivity index (χ0) is 27.2. The molecule has 0 bridgehead atoms. The van der Waals surface area contributed by atoms with Crippen molar-refractivity contribution < 1.29 is 18.9 Å². The van der Waals surface area contributed by atoms with E-state index in [1.807, 2.05) is 0 Å². The van der Waals surface area contributed by atoms with E-state index in [4.69, 9.17) is 9.79 Å². The Bertz CT molecular complexity index is 419. The molecule has 0 aromatic heterocycles. The van der Waals surface area contributed by atoms with Gasteiger partial charge in [-0.05, 0) is 44.7 Å². The molecular weight excluding hydrogens is 469 g/mol. The fraction of sp³-hybridized carbons (Fsp3) is 1.00. The van der Waals surface area contributed by atoms with E-state index in [-0.39, 0.29) is 6.61 Å². The lowest BCUT2D eigenvalue weighted by molar-refractivity contribution is 0.157. The first-order valence-corrected chi connectivity index (χ1v) is 17.3. The summed E-state index contributed by atoms with van der Waals surface area (Å²) < 4.78 is 15.4. The largest absolute Gasteiger partial charge is 0.469 e. The van der Waals surface area contributed by atoms with E-state index >= 15 is 0 Å². The van der Waals surface area contributed by atoms with E-state index < -0.39 is 7.82 Å². The van der Waals surface area contributed by atoms with Crippen molar-refractivity contribution in [2.75, 3.05) is 19.7 Å². The number of hydrogen-bond donors (Lipinski definition) is 3. The van der Waals surface area contributed by atoms with Crippen molar-refractivity contribution >= 4 is 7.82 Å². The molecule has 0 spiro atoms. The van der Waals surface area contributed by atoms with Crippen LogP contribution >= 0.6 is 7.82 Å². The van der Waals surface area contributed by atoms with Crippen LogP contribution in [0.5, 0.6) is 0 Å². The zero-order valence-electron chi connectivity index (χ0n) is 24.9. The first kappa shape index (κ1) is 38.2. The quantitative estimate of drug-likeness (QED) is 0.0720. The molecule has 0 atom stereocenters. The van der Waals surface area contributed by atoms with Crippen molar-refractivity contribution in [2.24, 2.45) is 5.92 Å². The predicted octanol–water partition coefficient (Wildman–Crippen LogP) is 9.95. The van der Waals surface area contributed by atoms with Gasteiger partial charge >= 0.3 is 7.82 Å². The van der Waals surface area contributed by atoms with Crippen molar-refractivity contribution in [3.63, 3.8) is 0 Å². The normalized spacial score (nSPS) is 11.6. The summed E-state index contributed by atoms with van der Waals surface area (Å²) in [7, 11) is -4.31. The summed E-state index contributed by atoms with van der Waals surface area (Å²) in [5.74, 6) is 0.293. The topological polar surface area (TPSA) is 78.8 Å². The minimum atomic E-state index is -4.31. The molecule has 36 heavy (non-hydrogen) atoms. The molecule has 0 unspecified atom stereocenters. The third-order valence-electron chi connectivity index (χ3n) is 6.82. The molecular formula is C30H66NO4P. The van der Waals surface area contributed by atoms with Crippen LogP contribution in [-0.4, -0.2) is 29.5 Å². The van der Waals surface area contributed by atoms with Crippen LogP contribution in [0.4, 0.5) is 0 Å². The van der Waals surface area contributed by atoms with Crippen LogP contribution < -0.4 is 5.32 Å². The van der Waals surface area contributed by atoms with Gasteiger partial charge in [0.1, 0.15) is 0 Å². The number of phosphoric acid groups is 1. The van der Waals surface area contributed by atoms with E-state index in [2.05, 4.69) is 37.5 Å². The van der Waals surface area contributed by atoms with Gasteiger partial charge in [0.15, 0.2) is 0 Å². The van der Waals surface area contributed by atoms with Crippen molar-refractivity contribution in [2.45, 2.75) is 169 Å². The smallest absolute Gasteiger partial charge is 0.317 e. The minimum absolute atomic E-state index is 0.197. The molecule has 0 aliphatic heterocycles. The van der Waals surface area contributed by atoms with E-state index in [0.29, 0.717) is 5.92 Å². The average Bonchev–Trinajstić information content (AvgIpc) is 2.85. The van der Waals surface area contributed by atoms with E-state index in [1.165, 1.54) is 129 Å². The number of unbranched alkanes of at least 4 members (excludes halogenated alkanes) is 16. The molecule has 0 rings (SSSR count).